The molecule has 0 aliphatic rings. The van der Waals surface area contributed by atoms with Gasteiger partial charge in [0.25, 0.3) is 0 Å². The second-order valence-corrected chi connectivity index (χ2v) is 1.85. The molecule has 0 aromatic carbocycles. The Balaban J connectivity index is 2.30. The van der Waals surface area contributed by atoms with Gasteiger partial charge in [0.1, 0.15) is 0 Å². The van der Waals surface area contributed by atoms with Gasteiger partial charge >= 0.3 is 28.7 Å². The van der Waals surface area contributed by atoms with Crippen LogP contribution in [0, 0.1) is 0 Å². The summed E-state index contributed by atoms with van der Waals surface area (Å²) in [6.07, 6.45) is 0. The molecule has 2 unspecified atom stereocenters. The molecule has 0 aromatic rings. The molecule has 0 aliphatic carbocycles. The van der Waals surface area contributed by atoms with Gasteiger partial charge in [-0.1, -0.05) is 0 Å². The average Bonchev–Trinajstić information content (AvgIpc) is 1.37. The minimum absolute atomic E-state index is 0.377. The molecule has 0 saturated heterocycles. The van der Waals surface area contributed by atoms with Crippen LogP contribution in [0.5, 0.6) is 0 Å². The summed E-state index contributed by atoms with van der Waals surface area (Å²) in [5.41, 5.74) is 0. The Kier molecular flexibility index (Phi) is 4.40. The van der Waals surface area contributed by atoms with Crippen molar-refractivity contribution in [2.24, 2.45) is 0 Å². The van der Waals surface area contributed by atoms with Crippen LogP contribution >= 0.6 is 17.1 Å². The second-order valence-electron chi connectivity index (χ2n) is 0.285. The molecule has 0 radical (unpaired) electrons. The molecule has 0 heterocycles. The summed E-state index contributed by atoms with van der Waals surface area (Å²) >= 11 is 0. The third kappa shape index (κ3) is 2.72. The van der Waals surface area contributed by atoms with Gasteiger partial charge in [0.05, 0.1) is 0 Å². The maximum atomic E-state index is 9.17. The SMILES string of the molecule is O=BPP. The molecular formula is H3BOP2. The molecule has 0 saturated carbocycles. The van der Waals surface area contributed by atoms with Crippen LogP contribution in [0.2, 0.25) is 0 Å². The van der Waals surface area contributed by atoms with E-state index in [9.17, 15) is 0 Å². The third-order valence-electron chi connectivity index (χ3n) is 0.0680. The van der Waals surface area contributed by atoms with Gasteiger partial charge in [-0.15, -0.1) is 0 Å². The van der Waals surface area contributed by atoms with Crippen molar-refractivity contribution in [1.82, 2.24) is 0 Å². The van der Waals surface area contributed by atoms with Crippen LogP contribution in [-0.2, 0) is 4.70 Å². The van der Waals surface area contributed by atoms with Crippen LogP contribution in [0.3, 0.4) is 0 Å². The molecule has 0 bridgehead atoms. The summed E-state index contributed by atoms with van der Waals surface area (Å²) in [6.45, 7) is 0.866. The van der Waals surface area contributed by atoms with Crippen molar-refractivity contribution >= 4 is 23.9 Å². The average molecular weight is 91.8 g/mol. The minimum atomic E-state index is 0.377. The van der Waals surface area contributed by atoms with E-state index in [0.717, 1.165) is 6.87 Å². The summed E-state index contributed by atoms with van der Waals surface area (Å²) in [5, 5.41) is 0. The Labute approximate surface area is 29.6 Å². The molecule has 4 heteroatoms. The standard InChI is InChI=1S/BH3OP2/c2-1-4-3/h4H,3H2. The van der Waals surface area contributed by atoms with Gasteiger partial charge in [-0.25, -0.2) is 0 Å². The topological polar surface area (TPSA) is 17.1 Å². The van der Waals surface area contributed by atoms with Gasteiger partial charge in [-0.2, -0.15) is 0 Å². The van der Waals surface area contributed by atoms with E-state index in [4.69, 9.17) is 4.70 Å². The van der Waals surface area contributed by atoms with Gasteiger partial charge in [0, 0.05) is 0 Å². The van der Waals surface area contributed by atoms with Crippen molar-refractivity contribution in [1.29, 1.82) is 0 Å². The summed E-state index contributed by atoms with van der Waals surface area (Å²) in [7, 11) is 2.69. The molecule has 4 heavy (non-hydrogen) atoms. The molecule has 1 nitrogen and oxygen atoms in total. The van der Waals surface area contributed by atoms with E-state index in [1.807, 2.05) is 0 Å². The van der Waals surface area contributed by atoms with Crippen LogP contribution in [0.4, 0.5) is 0 Å². The van der Waals surface area contributed by atoms with E-state index >= 15 is 0 Å². The molecular weight excluding hydrogens is 88.8 g/mol. The Morgan fingerprint density at radius 3 is 2.25 bits per heavy atom. The molecule has 0 fully saturated rings. The van der Waals surface area contributed by atoms with Crippen LogP contribution in [0.15, 0.2) is 0 Å². The first-order valence-corrected chi connectivity index (χ1v) is 3.70. The fourth-order valence-electron chi connectivity index (χ4n) is 0. The van der Waals surface area contributed by atoms with Crippen molar-refractivity contribution < 1.29 is 4.70 Å². The molecule has 22 valence electrons. The number of rotatable bonds is 1. The van der Waals surface area contributed by atoms with Gasteiger partial charge < -0.3 is 0 Å². The van der Waals surface area contributed by atoms with E-state index in [2.05, 4.69) is 8.93 Å². The zero-order valence-corrected chi connectivity index (χ0v) is 4.22. The summed E-state index contributed by atoms with van der Waals surface area (Å²) in [6, 6.07) is 0. The Morgan fingerprint density at radius 1 is 2.00 bits per heavy atom. The van der Waals surface area contributed by atoms with E-state index in [0.29, 0.717) is 8.15 Å². The molecule has 0 aromatic heterocycles. The van der Waals surface area contributed by atoms with E-state index < -0.39 is 0 Å². The monoisotopic (exact) mass is 92.0 g/mol. The van der Waals surface area contributed by atoms with Gasteiger partial charge in [0.2, 0.25) is 0 Å². The van der Waals surface area contributed by atoms with Crippen LogP contribution in [-0.4, -0.2) is 6.87 Å². The predicted octanol–water partition coefficient (Wildman–Crippen LogP) is 0.420. The molecule has 0 N–H and O–H groups in total. The summed E-state index contributed by atoms with van der Waals surface area (Å²) in [5.74, 6) is 0. The first-order chi connectivity index (χ1) is 1.91. The fraction of sp³-hybridized carbons (Fsp3) is 0. The second kappa shape index (κ2) is 3.72. The van der Waals surface area contributed by atoms with Crippen molar-refractivity contribution in [2.75, 3.05) is 0 Å². The van der Waals surface area contributed by atoms with Gasteiger partial charge in [-0.3, -0.25) is 0 Å². The quantitative estimate of drug-likeness (QED) is 0.338. The van der Waals surface area contributed by atoms with Crippen LogP contribution in [0.1, 0.15) is 0 Å². The summed E-state index contributed by atoms with van der Waals surface area (Å²) in [4.78, 5) is 0. The van der Waals surface area contributed by atoms with Gasteiger partial charge in [-0.05, 0) is 0 Å². The molecule has 0 rings (SSSR count). The van der Waals surface area contributed by atoms with Crippen molar-refractivity contribution in [2.45, 2.75) is 0 Å². The Morgan fingerprint density at radius 2 is 2.25 bits per heavy atom. The van der Waals surface area contributed by atoms with Crippen LogP contribution < -0.4 is 0 Å². The van der Waals surface area contributed by atoms with E-state index in [1.54, 1.807) is 0 Å². The van der Waals surface area contributed by atoms with Gasteiger partial charge in [0.15, 0.2) is 0 Å². The first kappa shape index (κ1) is 4.72. The summed E-state index contributed by atoms with van der Waals surface area (Å²) < 4.78 is 9.17. The molecule has 2 atom stereocenters. The third-order valence-corrected chi connectivity index (χ3v) is 0.612. The Bertz CT molecular complexity index is 20.0. The normalized spacial score (nSPS) is 8.25. The van der Waals surface area contributed by atoms with Crippen LogP contribution in [0.25, 0.3) is 0 Å². The fourth-order valence-corrected chi connectivity index (χ4v) is 0. The molecule has 0 aliphatic heterocycles. The zero-order chi connectivity index (χ0) is 3.41. The van der Waals surface area contributed by atoms with Crippen molar-refractivity contribution in [3.8, 4) is 0 Å². The van der Waals surface area contributed by atoms with E-state index in [-0.39, 0.29) is 0 Å². The van der Waals surface area contributed by atoms with E-state index in [1.165, 1.54) is 0 Å². The number of hydrogen-bond donors (Lipinski definition) is 0. The zero-order valence-electron chi connectivity index (χ0n) is 2.06. The van der Waals surface area contributed by atoms with Crippen molar-refractivity contribution in [3.05, 3.63) is 0 Å². The molecule has 0 spiro atoms. The van der Waals surface area contributed by atoms with Crippen molar-refractivity contribution in [3.63, 3.8) is 0 Å². The molecule has 0 amide bonds. The first-order valence-electron chi connectivity index (χ1n) is 0.813. The predicted molar refractivity (Wildman–Crippen MR) is 24.5 cm³/mol. The maximum absolute atomic E-state index is 9.17. The Hall–Kier alpha value is 0.725. The number of hydrogen-bond acceptors (Lipinski definition) is 1.